The van der Waals surface area contributed by atoms with Crippen LogP contribution in [0.5, 0.6) is 0 Å². The summed E-state index contributed by atoms with van der Waals surface area (Å²) in [5.41, 5.74) is 0.835. The van der Waals surface area contributed by atoms with E-state index in [1.807, 2.05) is 54.6 Å². The zero-order valence-electron chi connectivity index (χ0n) is 9.11. The first-order chi connectivity index (χ1) is 8.34. The number of esters is 1. The fourth-order valence-corrected chi connectivity index (χ4v) is 1.98. The van der Waals surface area contributed by atoms with Gasteiger partial charge in [-0.25, -0.2) is 4.99 Å². The second-order valence-electron chi connectivity index (χ2n) is 4.01. The molecule has 0 saturated carbocycles. The number of ether oxygens (including phenoxy) is 1. The van der Waals surface area contributed by atoms with E-state index < -0.39 is 0 Å². The van der Waals surface area contributed by atoms with Gasteiger partial charge in [-0.2, -0.15) is 0 Å². The van der Waals surface area contributed by atoms with E-state index in [1.54, 1.807) is 0 Å². The molecule has 0 amide bonds. The van der Waals surface area contributed by atoms with Crippen molar-refractivity contribution in [2.24, 2.45) is 10.9 Å². The number of rotatable bonds is 1. The first-order valence-corrected chi connectivity index (χ1v) is 5.54. The Morgan fingerprint density at radius 2 is 1.82 bits per heavy atom. The fraction of sp³-hybridized carbons (Fsp3) is 0.143. The number of benzene rings is 1. The summed E-state index contributed by atoms with van der Waals surface area (Å²) in [6.45, 7) is 0. The van der Waals surface area contributed by atoms with Gasteiger partial charge in [0.15, 0.2) is 0 Å². The molecule has 0 saturated heterocycles. The third-order valence-electron chi connectivity index (χ3n) is 2.86. The molecule has 3 heteroatoms. The molecule has 84 valence electrons. The number of allylic oxidation sites excluding steroid dienone is 2. The molecule has 0 unspecified atom stereocenters. The molecule has 0 bridgehead atoms. The standard InChI is InChI=1S/C14H11NO2/c16-14-11-8-4-5-9-12(11)15-13(17-14)10-6-2-1-3-7-10/h1-9,11-12H/t11-,12-/m1/s1. The summed E-state index contributed by atoms with van der Waals surface area (Å²) >= 11 is 0. The number of aliphatic imine (C=N–C) groups is 1. The lowest BCUT2D eigenvalue weighted by molar-refractivity contribution is -0.139. The Morgan fingerprint density at radius 3 is 2.65 bits per heavy atom. The van der Waals surface area contributed by atoms with Gasteiger partial charge in [0, 0.05) is 5.56 Å². The van der Waals surface area contributed by atoms with E-state index in [0.29, 0.717) is 5.90 Å². The first kappa shape index (κ1) is 10.0. The number of carbonyl (C=O) groups excluding carboxylic acids is 1. The van der Waals surface area contributed by atoms with E-state index in [0.717, 1.165) is 5.56 Å². The van der Waals surface area contributed by atoms with Crippen molar-refractivity contribution in [3.8, 4) is 0 Å². The second kappa shape index (κ2) is 4.01. The molecular formula is C14H11NO2. The lowest BCUT2D eigenvalue weighted by atomic mass is 9.94. The van der Waals surface area contributed by atoms with Crippen molar-refractivity contribution in [1.29, 1.82) is 0 Å². The van der Waals surface area contributed by atoms with Crippen LogP contribution in [-0.2, 0) is 9.53 Å². The Morgan fingerprint density at radius 1 is 1.06 bits per heavy atom. The minimum Gasteiger partial charge on any atom is -0.407 e. The van der Waals surface area contributed by atoms with Crippen molar-refractivity contribution in [3.63, 3.8) is 0 Å². The highest BCUT2D eigenvalue weighted by Crippen LogP contribution is 2.23. The van der Waals surface area contributed by atoms with Gasteiger partial charge in [0.2, 0.25) is 5.90 Å². The van der Waals surface area contributed by atoms with Crippen LogP contribution in [0.25, 0.3) is 0 Å². The molecule has 17 heavy (non-hydrogen) atoms. The normalized spacial score (nSPS) is 26.1. The number of nitrogens with zero attached hydrogens (tertiary/aromatic N) is 1. The molecule has 2 atom stereocenters. The number of hydrogen-bond acceptors (Lipinski definition) is 3. The summed E-state index contributed by atoms with van der Waals surface area (Å²) in [5, 5.41) is 0. The maximum atomic E-state index is 11.8. The third kappa shape index (κ3) is 1.80. The molecule has 0 fully saturated rings. The molecule has 3 nitrogen and oxygen atoms in total. The van der Waals surface area contributed by atoms with Gasteiger partial charge < -0.3 is 4.74 Å². The summed E-state index contributed by atoms with van der Waals surface area (Å²) in [6.07, 6.45) is 7.52. The van der Waals surface area contributed by atoms with Gasteiger partial charge in [-0.15, -0.1) is 0 Å². The molecule has 0 spiro atoms. The predicted molar refractivity (Wildman–Crippen MR) is 64.6 cm³/mol. The van der Waals surface area contributed by atoms with Crippen LogP contribution in [0.15, 0.2) is 59.6 Å². The smallest absolute Gasteiger partial charge is 0.322 e. The molecule has 1 heterocycles. The Bertz CT molecular complexity index is 528. The van der Waals surface area contributed by atoms with Crippen molar-refractivity contribution in [3.05, 3.63) is 60.2 Å². The molecule has 1 aromatic rings. The van der Waals surface area contributed by atoms with Crippen LogP contribution in [0, 0.1) is 5.92 Å². The average Bonchev–Trinajstić information content (AvgIpc) is 2.40. The largest absolute Gasteiger partial charge is 0.407 e. The maximum Gasteiger partial charge on any atom is 0.322 e. The van der Waals surface area contributed by atoms with Crippen molar-refractivity contribution in [2.45, 2.75) is 6.04 Å². The van der Waals surface area contributed by atoms with E-state index in [1.165, 1.54) is 0 Å². The van der Waals surface area contributed by atoms with Gasteiger partial charge in [0.1, 0.15) is 5.92 Å². The van der Waals surface area contributed by atoms with Gasteiger partial charge in [0.25, 0.3) is 0 Å². The van der Waals surface area contributed by atoms with Crippen LogP contribution in [0.2, 0.25) is 0 Å². The molecule has 1 aromatic carbocycles. The predicted octanol–water partition coefficient (Wildman–Crippen LogP) is 2.10. The lowest BCUT2D eigenvalue weighted by Crippen LogP contribution is -2.35. The molecular weight excluding hydrogens is 214 g/mol. The van der Waals surface area contributed by atoms with E-state index in [-0.39, 0.29) is 17.9 Å². The van der Waals surface area contributed by atoms with Crippen LogP contribution in [0.3, 0.4) is 0 Å². The SMILES string of the molecule is O=C1OC(c2ccccc2)=N[C@@H]2C=CC=C[C@@H]12. The quantitative estimate of drug-likeness (QED) is 0.686. The van der Waals surface area contributed by atoms with Crippen LogP contribution in [0.4, 0.5) is 0 Å². The maximum absolute atomic E-state index is 11.8. The summed E-state index contributed by atoms with van der Waals surface area (Å²) in [7, 11) is 0. The number of fused-ring (bicyclic) bond motifs is 1. The van der Waals surface area contributed by atoms with Crippen LogP contribution >= 0.6 is 0 Å². The molecule has 1 aliphatic heterocycles. The van der Waals surface area contributed by atoms with E-state index in [2.05, 4.69) is 4.99 Å². The molecule has 0 N–H and O–H groups in total. The molecule has 1 aliphatic carbocycles. The second-order valence-corrected chi connectivity index (χ2v) is 4.01. The number of cyclic esters (lactones) is 1. The summed E-state index contributed by atoms with van der Waals surface area (Å²) in [5.74, 6) is -0.0892. The first-order valence-electron chi connectivity index (χ1n) is 5.54. The molecule has 2 aliphatic rings. The fourth-order valence-electron chi connectivity index (χ4n) is 1.98. The highest BCUT2D eigenvalue weighted by atomic mass is 16.5. The van der Waals surface area contributed by atoms with Gasteiger partial charge in [-0.05, 0) is 12.1 Å². The minimum absolute atomic E-state index is 0.128. The Balaban J connectivity index is 1.98. The van der Waals surface area contributed by atoms with Gasteiger partial charge in [-0.3, -0.25) is 4.79 Å². The van der Waals surface area contributed by atoms with Crippen molar-refractivity contribution < 1.29 is 9.53 Å². The highest BCUT2D eigenvalue weighted by molar-refractivity contribution is 6.03. The number of carbonyl (C=O) groups is 1. The monoisotopic (exact) mass is 225 g/mol. The minimum atomic E-state index is -0.271. The Labute approximate surface area is 99.1 Å². The summed E-state index contributed by atoms with van der Waals surface area (Å²) < 4.78 is 5.27. The number of hydrogen-bond donors (Lipinski definition) is 0. The topological polar surface area (TPSA) is 38.7 Å². The lowest BCUT2D eigenvalue weighted by Gasteiger charge is -2.25. The Hall–Kier alpha value is -2.16. The van der Waals surface area contributed by atoms with E-state index in [9.17, 15) is 4.79 Å². The van der Waals surface area contributed by atoms with Crippen molar-refractivity contribution in [1.82, 2.24) is 0 Å². The van der Waals surface area contributed by atoms with Gasteiger partial charge in [-0.1, -0.05) is 42.5 Å². The van der Waals surface area contributed by atoms with E-state index >= 15 is 0 Å². The summed E-state index contributed by atoms with van der Waals surface area (Å²) in [4.78, 5) is 16.3. The van der Waals surface area contributed by atoms with E-state index in [4.69, 9.17) is 4.74 Å². The summed E-state index contributed by atoms with van der Waals surface area (Å²) in [6, 6.07) is 9.35. The van der Waals surface area contributed by atoms with Gasteiger partial charge in [0.05, 0.1) is 6.04 Å². The average molecular weight is 225 g/mol. The Kier molecular flexibility index (Phi) is 2.37. The van der Waals surface area contributed by atoms with Crippen molar-refractivity contribution in [2.75, 3.05) is 0 Å². The van der Waals surface area contributed by atoms with Crippen LogP contribution in [-0.4, -0.2) is 17.9 Å². The molecule has 0 aromatic heterocycles. The third-order valence-corrected chi connectivity index (χ3v) is 2.86. The zero-order chi connectivity index (χ0) is 11.7. The highest BCUT2D eigenvalue weighted by Gasteiger charge is 2.33. The molecule has 3 rings (SSSR count). The van der Waals surface area contributed by atoms with Gasteiger partial charge >= 0.3 is 5.97 Å². The zero-order valence-corrected chi connectivity index (χ0v) is 9.11. The van der Waals surface area contributed by atoms with Crippen molar-refractivity contribution >= 4 is 11.9 Å². The molecule has 0 radical (unpaired) electrons. The van der Waals surface area contributed by atoms with Crippen LogP contribution in [0.1, 0.15) is 5.56 Å². The van der Waals surface area contributed by atoms with Crippen LogP contribution < -0.4 is 0 Å².